The number of carbonyl (C=O) groups is 2. The van der Waals surface area contributed by atoms with Crippen molar-refractivity contribution in [3.05, 3.63) is 34.4 Å². The van der Waals surface area contributed by atoms with Crippen LogP contribution >= 0.6 is 0 Å². The number of nitrogens with zero attached hydrogens (tertiary/aromatic N) is 2. The van der Waals surface area contributed by atoms with Crippen LogP contribution in [-0.2, 0) is 9.59 Å². The topological polar surface area (TPSA) is 105 Å². The van der Waals surface area contributed by atoms with Gasteiger partial charge in [0.1, 0.15) is 11.9 Å². The lowest BCUT2D eigenvalue weighted by Crippen LogP contribution is -2.64. The summed E-state index contributed by atoms with van der Waals surface area (Å²) in [6, 6.07) is 4.94. The summed E-state index contributed by atoms with van der Waals surface area (Å²) < 4.78 is 1.45. The number of carbonyl (C=O) groups excluding carboxylic acids is 2. The molecule has 0 radical (unpaired) electrons. The lowest BCUT2D eigenvalue weighted by Gasteiger charge is -2.65. The van der Waals surface area contributed by atoms with Crippen molar-refractivity contribution in [2.75, 3.05) is 18.4 Å². The van der Waals surface area contributed by atoms with Crippen LogP contribution in [0.4, 0.5) is 5.69 Å². The van der Waals surface area contributed by atoms with E-state index in [0.717, 1.165) is 37.5 Å². The zero-order chi connectivity index (χ0) is 28.8. The standard InChI is InChI=1S/C33H47N5O3/c1-22-36-25-11-9-10-24(28(25)30(41)38(22)26-12-13-27(39)37-29(26)40)34-14-7-5-4-6-8-15-35-33-18-23-16-31(2,20-33)19-32(3,17-23)21-33/h9-11,23,26,34-35H,4-8,12-21H2,1-3H3,(H,37,39,40)/t23?,26-,31+,32+,33?/m0/s1. The smallest absolute Gasteiger partial charge is 0.264 e. The van der Waals surface area contributed by atoms with Crippen molar-refractivity contribution in [1.29, 1.82) is 0 Å². The molecular formula is C33H47N5O3. The summed E-state index contributed by atoms with van der Waals surface area (Å²) in [4.78, 5) is 42.3. The summed E-state index contributed by atoms with van der Waals surface area (Å²) in [6.07, 6.45) is 14.9. The first-order valence-corrected chi connectivity index (χ1v) is 15.9. The summed E-state index contributed by atoms with van der Waals surface area (Å²) in [5.41, 5.74) is 2.66. The quantitative estimate of drug-likeness (QED) is 0.251. The Kier molecular flexibility index (Phi) is 7.50. The van der Waals surface area contributed by atoms with Gasteiger partial charge in [0.15, 0.2) is 0 Å². The zero-order valence-electron chi connectivity index (χ0n) is 25.1. The van der Waals surface area contributed by atoms with Crippen LogP contribution in [0.5, 0.6) is 0 Å². The average molecular weight is 562 g/mol. The van der Waals surface area contributed by atoms with E-state index in [0.29, 0.717) is 39.5 Å². The number of amides is 2. The number of benzene rings is 1. The van der Waals surface area contributed by atoms with Gasteiger partial charge < -0.3 is 10.6 Å². The van der Waals surface area contributed by atoms with E-state index in [1.54, 1.807) is 6.92 Å². The SMILES string of the molecule is Cc1nc2cccc(NCCCCCCCNC34CC5C[C@@](C)(C3)C[C@@](C)(C5)C4)c2c(=O)n1[C@H]1CCC(=O)NC1=O. The van der Waals surface area contributed by atoms with Gasteiger partial charge >= 0.3 is 0 Å². The van der Waals surface area contributed by atoms with E-state index < -0.39 is 11.9 Å². The van der Waals surface area contributed by atoms with E-state index in [1.165, 1.54) is 62.4 Å². The second-order valence-corrected chi connectivity index (χ2v) is 14.5. The molecule has 8 nitrogen and oxygen atoms in total. The first-order chi connectivity index (χ1) is 19.6. The lowest BCUT2D eigenvalue weighted by molar-refractivity contribution is -0.135. The normalized spacial score (nSPS) is 32.5. The minimum Gasteiger partial charge on any atom is -0.384 e. The van der Waals surface area contributed by atoms with E-state index in [-0.39, 0.29) is 17.9 Å². The van der Waals surface area contributed by atoms with Crippen molar-refractivity contribution < 1.29 is 9.59 Å². The summed E-state index contributed by atoms with van der Waals surface area (Å²) in [5, 5.41) is 10.4. The highest BCUT2D eigenvalue weighted by molar-refractivity contribution is 5.99. The van der Waals surface area contributed by atoms with Crippen molar-refractivity contribution >= 4 is 28.4 Å². The van der Waals surface area contributed by atoms with Crippen LogP contribution in [0.25, 0.3) is 10.9 Å². The number of hydrogen-bond donors (Lipinski definition) is 3. The fourth-order valence-electron chi connectivity index (χ4n) is 9.80. The largest absolute Gasteiger partial charge is 0.384 e. The van der Waals surface area contributed by atoms with Crippen LogP contribution in [-0.4, -0.2) is 40.0 Å². The third-order valence-electron chi connectivity index (χ3n) is 10.4. The molecule has 4 bridgehead atoms. The highest BCUT2D eigenvalue weighted by Gasteiger charge is 2.59. The highest BCUT2D eigenvalue weighted by Crippen LogP contribution is 2.66. The number of unbranched alkanes of at least 4 members (excludes halogenated alkanes) is 4. The molecule has 222 valence electrons. The number of rotatable bonds is 11. The van der Waals surface area contributed by atoms with Crippen LogP contribution in [0.15, 0.2) is 23.0 Å². The van der Waals surface area contributed by atoms with E-state index in [9.17, 15) is 14.4 Å². The first-order valence-electron chi connectivity index (χ1n) is 15.9. The van der Waals surface area contributed by atoms with E-state index in [1.807, 2.05) is 18.2 Å². The summed E-state index contributed by atoms with van der Waals surface area (Å²) >= 11 is 0. The molecule has 8 heteroatoms. The van der Waals surface area contributed by atoms with Crippen LogP contribution in [0.1, 0.15) is 109 Å². The van der Waals surface area contributed by atoms with Crippen molar-refractivity contribution in [3.8, 4) is 0 Å². The van der Waals surface area contributed by atoms with Gasteiger partial charge in [0, 0.05) is 24.2 Å². The maximum Gasteiger partial charge on any atom is 0.264 e. The maximum absolute atomic E-state index is 13.6. The summed E-state index contributed by atoms with van der Waals surface area (Å²) in [7, 11) is 0. The molecule has 3 N–H and O–H groups in total. The van der Waals surface area contributed by atoms with Gasteiger partial charge in [-0.1, -0.05) is 39.2 Å². The van der Waals surface area contributed by atoms with Gasteiger partial charge in [0.25, 0.3) is 5.56 Å². The zero-order valence-corrected chi connectivity index (χ0v) is 25.1. The second kappa shape index (κ2) is 10.8. The summed E-state index contributed by atoms with van der Waals surface area (Å²) in [5.74, 6) is 0.684. The Morgan fingerprint density at radius 1 is 0.951 bits per heavy atom. The Hall–Kier alpha value is -2.74. The predicted molar refractivity (Wildman–Crippen MR) is 162 cm³/mol. The van der Waals surface area contributed by atoms with Gasteiger partial charge in [-0.05, 0) is 100 Å². The fourth-order valence-corrected chi connectivity index (χ4v) is 9.80. The third kappa shape index (κ3) is 5.69. The molecular weight excluding hydrogens is 514 g/mol. The number of imide groups is 1. The number of hydrogen-bond acceptors (Lipinski definition) is 6. The number of piperidine rings is 1. The number of fused-ring (bicyclic) bond motifs is 1. The molecule has 1 aromatic carbocycles. The molecule has 2 amide bonds. The van der Waals surface area contributed by atoms with Crippen molar-refractivity contribution in [2.24, 2.45) is 16.7 Å². The summed E-state index contributed by atoms with van der Waals surface area (Å²) in [6.45, 7) is 8.75. The monoisotopic (exact) mass is 561 g/mol. The van der Waals surface area contributed by atoms with Crippen molar-refractivity contribution in [2.45, 2.75) is 116 Å². The molecule has 4 aliphatic carbocycles. The lowest BCUT2D eigenvalue weighted by atomic mass is 9.43. The fraction of sp³-hybridized carbons (Fsp3) is 0.697. The molecule has 1 aromatic heterocycles. The Morgan fingerprint density at radius 3 is 2.37 bits per heavy atom. The molecule has 5 fully saturated rings. The number of anilines is 1. The van der Waals surface area contributed by atoms with Gasteiger partial charge in [0.2, 0.25) is 11.8 Å². The maximum atomic E-state index is 13.6. The number of nitrogens with one attached hydrogen (secondary N) is 3. The predicted octanol–water partition coefficient (Wildman–Crippen LogP) is 5.38. The second-order valence-electron chi connectivity index (χ2n) is 14.5. The molecule has 2 aromatic rings. The van der Waals surface area contributed by atoms with Crippen LogP contribution < -0.4 is 21.5 Å². The third-order valence-corrected chi connectivity index (χ3v) is 10.4. The van der Waals surface area contributed by atoms with Gasteiger partial charge in [-0.25, -0.2) is 4.98 Å². The molecule has 0 spiro atoms. The Balaban J connectivity index is 0.974. The van der Waals surface area contributed by atoms with Gasteiger partial charge in [0.05, 0.1) is 10.9 Å². The van der Waals surface area contributed by atoms with E-state index in [2.05, 4.69) is 34.8 Å². The van der Waals surface area contributed by atoms with E-state index >= 15 is 0 Å². The number of aromatic nitrogens is 2. The number of aryl methyl sites for hydroxylation is 1. The van der Waals surface area contributed by atoms with E-state index in [4.69, 9.17) is 0 Å². The molecule has 2 heterocycles. The average Bonchev–Trinajstić information content (AvgIpc) is 2.86. The van der Waals surface area contributed by atoms with Crippen LogP contribution in [0, 0.1) is 23.7 Å². The molecule has 5 aliphatic rings. The highest BCUT2D eigenvalue weighted by atomic mass is 16.2. The van der Waals surface area contributed by atoms with Crippen LogP contribution in [0.2, 0.25) is 0 Å². The molecule has 4 saturated carbocycles. The molecule has 41 heavy (non-hydrogen) atoms. The minimum absolute atomic E-state index is 0.219. The first kappa shape index (κ1) is 28.4. The van der Waals surface area contributed by atoms with Crippen molar-refractivity contribution in [3.63, 3.8) is 0 Å². The van der Waals surface area contributed by atoms with Crippen molar-refractivity contribution in [1.82, 2.24) is 20.2 Å². The van der Waals surface area contributed by atoms with Gasteiger partial charge in [-0.2, -0.15) is 0 Å². The molecule has 1 aliphatic heterocycles. The molecule has 0 unspecified atom stereocenters. The molecule has 7 rings (SSSR count). The van der Waals surface area contributed by atoms with Crippen LogP contribution in [0.3, 0.4) is 0 Å². The minimum atomic E-state index is -0.714. The van der Waals surface area contributed by atoms with Gasteiger partial charge in [-0.3, -0.25) is 24.3 Å². The Bertz CT molecular complexity index is 1380. The Morgan fingerprint density at radius 2 is 1.66 bits per heavy atom. The van der Waals surface area contributed by atoms with Gasteiger partial charge in [-0.15, -0.1) is 0 Å². The molecule has 3 atom stereocenters. The molecule has 1 saturated heterocycles. The Labute approximate surface area is 243 Å².